The number of nitrogens with two attached hydrogens (primary N) is 1. The van der Waals surface area contributed by atoms with E-state index in [4.69, 9.17) is 5.73 Å². The first-order valence-corrected chi connectivity index (χ1v) is 6.99. The molecule has 2 heterocycles. The monoisotopic (exact) mass is 277 g/mol. The highest BCUT2D eigenvalue weighted by atomic mass is 32.1. The van der Waals surface area contributed by atoms with Gasteiger partial charge in [0.2, 0.25) is 0 Å². The molecule has 0 unspecified atom stereocenters. The third-order valence-electron chi connectivity index (χ3n) is 2.86. The molecule has 0 bridgehead atoms. The second-order valence-electron chi connectivity index (χ2n) is 5.79. The van der Waals surface area contributed by atoms with Crippen LogP contribution in [0.1, 0.15) is 41.7 Å². The first-order valence-electron chi connectivity index (χ1n) is 6.18. The van der Waals surface area contributed by atoms with E-state index >= 15 is 0 Å². The Hall–Kier alpha value is -1.62. The molecule has 3 N–H and O–H groups in total. The predicted octanol–water partition coefficient (Wildman–Crippen LogP) is 3.02. The molecular formula is C14H19N3OS. The Balaban J connectivity index is 2.51. The molecule has 2 aromatic rings. The number of rotatable bonds is 1. The number of hydrogen-bond donors (Lipinski definition) is 2. The smallest absolute Gasteiger partial charge is 0.263 e. The minimum Gasteiger partial charge on any atom is -0.397 e. The third-order valence-corrected chi connectivity index (χ3v) is 3.97. The van der Waals surface area contributed by atoms with Gasteiger partial charge in [-0.1, -0.05) is 0 Å². The lowest BCUT2D eigenvalue weighted by atomic mass is 10.1. The summed E-state index contributed by atoms with van der Waals surface area (Å²) in [5, 5.41) is 3.80. The van der Waals surface area contributed by atoms with Gasteiger partial charge in [-0.3, -0.25) is 4.79 Å². The van der Waals surface area contributed by atoms with Gasteiger partial charge in [0.1, 0.15) is 9.71 Å². The van der Waals surface area contributed by atoms with E-state index in [0.29, 0.717) is 10.6 Å². The van der Waals surface area contributed by atoms with Gasteiger partial charge in [0.15, 0.2) is 0 Å². The van der Waals surface area contributed by atoms with Crippen LogP contribution in [0.3, 0.4) is 0 Å². The highest BCUT2D eigenvalue weighted by Crippen LogP contribution is 2.33. The molecular weight excluding hydrogens is 258 g/mol. The second kappa shape index (κ2) is 4.49. The average molecular weight is 277 g/mol. The lowest BCUT2D eigenvalue weighted by molar-refractivity contribution is 0.0924. The van der Waals surface area contributed by atoms with Crippen LogP contribution < -0.4 is 11.1 Å². The molecule has 4 nitrogen and oxygen atoms in total. The van der Waals surface area contributed by atoms with Crippen molar-refractivity contribution in [2.24, 2.45) is 0 Å². The molecule has 5 heteroatoms. The zero-order valence-corrected chi connectivity index (χ0v) is 12.7. The molecule has 0 saturated carbocycles. The van der Waals surface area contributed by atoms with Crippen LogP contribution in [-0.4, -0.2) is 16.4 Å². The maximum Gasteiger partial charge on any atom is 0.263 e. The normalized spacial score (nSPS) is 11.8. The molecule has 0 saturated heterocycles. The van der Waals surface area contributed by atoms with Crippen molar-refractivity contribution in [3.05, 3.63) is 22.2 Å². The maximum atomic E-state index is 12.2. The summed E-state index contributed by atoms with van der Waals surface area (Å²) in [6, 6.07) is 2.00. The second-order valence-corrected chi connectivity index (χ2v) is 6.79. The van der Waals surface area contributed by atoms with E-state index in [1.54, 1.807) is 0 Å². The molecule has 0 radical (unpaired) electrons. The molecule has 1 amide bonds. The molecule has 2 rings (SSSR count). The molecule has 0 aromatic carbocycles. The van der Waals surface area contributed by atoms with Crippen molar-refractivity contribution < 1.29 is 4.79 Å². The minimum atomic E-state index is -0.279. The van der Waals surface area contributed by atoms with Crippen molar-refractivity contribution >= 4 is 33.1 Å². The van der Waals surface area contributed by atoms with Crippen molar-refractivity contribution in [1.29, 1.82) is 0 Å². The van der Waals surface area contributed by atoms with Gasteiger partial charge in [0.05, 0.1) is 5.69 Å². The van der Waals surface area contributed by atoms with E-state index in [9.17, 15) is 4.79 Å². The van der Waals surface area contributed by atoms with Crippen LogP contribution in [0.5, 0.6) is 0 Å². The number of fused-ring (bicyclic) bond motifs is 1. The molecule has 19 heavy (non-hydrogen) atoms. The molecule has 2 aromatic heterocycles. The van der Waals surface area contributed by atoms with E-state index in [-0.39, 0.29) is 11.4 Å². The number of carbonyl (C=O) groups is 1. The van der Waals surface area contributed by atoms with Crippen LogP contribution in [0.2, 0.25) is 0 Å². The van der Waals surface area contributed by atoms with E-state index in [1.807, 2.05) is 40.7 Å². The Morgan fingerprint density at radius 1 is 1.37 bits per heavy atom. The number of nitrogens with one attached hydrogen (secondary N) is 1. The predicted molar refractivity (Wildman–Crippen MR) is 80.7 cm³/mol. The van der Waals surface area contributed by atoms with Crippen LogP contribution in [0.4, 0.5) is 5.69 Å². The number of aromatic nitrogens is 1. The average Bonchev–Trinajstić information content (AvgIpc) is 2.55. The number of carbonyl (C=O) groups excluding carboxylic acids is 1. The van der Waals surface area contributed by atoms with E-state index < -0.39 is 0 Å². The fraction of sp³-hybridized carbons (Fsp3) is 0.429. The van der Waals surface area contributed by atoms with Gasteiger partial charge in [-0.25, -0.2) is 4.98 Å². The van der Waals surface area contributed by atoms with E-state index in [1.165, 1.54) is 11.3 Å². The van der Waals surface area contributed by atoms with Crippen LogP contribution in [0.15, 0.2) is 6.07 Å². The quantitative estimate of drug-likeness (QED) is 0.842. The van der Waals surface area contributed by atoms with Gasteiger partial charge in [-0.15, -0.1) is 11.3 Å². The number of hydrogen-bond acceptors (Lipinski definition) is 4. The van der Waals surface area contributed by atoms with Gasteiger partial charge in [0.25, 0.3) is 5.91 Å². The number of anilines is 1. The molecule has 0 spiro atoms. The van der Waals surface area contributed by atoms with Crippen molar-refractivity contribution in [1.82, 2.24) is 10.3 Å². The molecule has 102 valence electrons. The first-order chi connectivity index (χ1) is 8.69. The summed E-state index contributed by atoms with van der Waals surface area (Å²) >= 11 is 1.35. The van der Waals surface area contributed by atoms with Crippen LogP contribution in [0, 0.1) is 13.8 Å². The van der Waals surface area contributed by atoms with Crippen LogP contribution >= 0.6 is 11.3 Å². The molecule has 0 atom stereocenters. The summed E-state index contributed by atoms with van der Waals surface area (Å²) in [4.78, 5) is 18.1. The number of pyridine rings is 1. The van der Waals surface area contributed by atoms with Crippen molar-refractivity contribution in [2.45, 2.75) is 40.2 Å². The van der Waals surface area contributed by atoms with Crippen LogP contribution in [-0.2, 0) is 0 Å². The zero-order valence-electron chi connectivity index (χ0n) is 11.9. The summed E-state index contributed by atoms with van der Waals surface area (Å²) in [7, 11) is 0. The minimum absolute atomic E-state index is 0.136. The van der Waals surface area contributed by atoms with E-state index in [0.717, 1.165) is 21.5 Å². The van der Waals surface area contributed by atoms with Crippen molar-refractivity contribution in [3.63, 3.8) is 0 Å². The summed E-state index contributed by atoms with van der Waals surface area (Å²) in [6.45, 7) is 9.79. The van der Waals surface area contributed by atoms with E-state index in [2.05, 4.69) is 10.3 Å². The highest BCUT2D eigenvalue weighted by molar-refractivity contribution is 7.21. The van der Waals surface area contributed by atoms with Gasteiger partial charge in [-0.05, 0) is 46.2 Å². The number of aryl methyl sites for hydroxylation is 2. The topological polar surface area (TPSA) is 68.0 Å². The maximum absolute atomic E-state index is 12.2. The lowest BCUT2D eigenvalue weighted by Crippen LogP contribution is -2.40. The summed E-state index contributed by atoms with van der Waals surface area (Å²) < 4.78 is 0. The highest BCUT2D eigenvalue weighted by Gasteiger charge is 2.21. The van der Waals surface area contributed by atoms with Gasteiger partial charge in [-0.2, -0.15) is 0 Å². The Bertz CT molecular complexity index is 653. The number of nitrogens with zero attached hydrogens (tertiary/aromatic N) is 1. The Morgan fingerprint density at radius 3 is 2.58 bits per heavy atom. The van der Waals surface area contributed by atoms with Crippen LogP contribution in [0.25, 0.3) is 10.2 Å². The van der Waals surface area contributed by atoms with Crippen molar-refractivity contribution in [3.8, 4) is 0 Å². The molecule has 0 aliphatic rings. The zero-order chi connectivity index (χ0) is 14.4. The number of amides is 1. The molecule has 0 fully saturated rings. The van der Waals surface area contributed by atoms with Gasteiger partial charge < -0.3 is 11.1 Å². The molecule has 0 aliphatic carbocycles. The third kappa shape index (κ3) is 2.71. The Morgan fingerprint density at radius 2 is 2.00 bits per heavy atom. The Kier molecular flexibility index (Phi) is 3.26. The van der Waals surface area contributed by atoms with Crippen molar-refractivity contribution in [2.75, 3.05) is 5.73 Å². The summed E-state index contributed by atoms with van der Waals surface area (Å²) in [5.74, 6) is -0.136. The fourth-order valence-corrected chi connectivity index (χ4v) is 2.81. The fourth-order valence-electron chi connectivity index (χ4n) is 1.79. The number of nitrogen functional groups attached to an aromatic ring is 1. The van der Waals surface area contributed by atoms with Gasteiger partial charge >= 0.3 is 0 Å². The Labute approximate surface area is 117 Å². The molecule has 0 aliphatic heterocycles. The summed E-state index contributed by atoms with van der Waals surface area (Å²) in [6.07, 6.45) is 0. The van der Waals surface area contributed by atoms with Gasteiger partial charge in [0, 0.05) is 16.6 Å². The standard InChI is InChI=1S/C14H19N3OS/c1-7-6-9-10(15)11(12(18)17-14(3,4)5)19-13(9)16-8(7)2/h6H,15H2,1-5H3,(H,17,18). The summed E-state index contributed by atoms with van der Waals surface area (Å²) in [5.41, 5.74) is 8.39. The lowest BCUT2D eigenvalue weighted by Gasteiger charge is -2.19. The SMILES string of the molecule is Cc1cc2c(N)c(C(=O)NC(C)(C)C)sc2nc1C. The first kappa shape index (κ1) is 13.8. The number of thiophene rings is 1. The largest absolute Gasteiger partial charge is 0.397 e.